The van der Waals surface area contributed by atoms with E-state index in [0.717, 1.165) is 19.5 Å². The van der Waals surface area contributed by atoms with Crippen molar-refractivity contribution in [1.29, 1.82) is 0 Å². The predicted molar refractivity (Wildman–Crippen MR) is 82.1 cm³/mol. The van der Waals surface area contributed by atoms with E-state index in [4.69, 9.17) is 5.84 Å². The summed E-state index contributed by atoms with van der Waals surface area (Å²) < 4.78 is 27.0. The molecular formula is C13H23N5O2S. The molecule has 118 valence electrons. The van der Waals surface area contributed by atoms with Crippen LogP contribution < -0.4 is 11.3 Å². The molecule has 1 fully saturated rings. The number of anilines is 1. The molecule has 1 saturated heterocycles. The number of nitrogens with one attached hydrogen (secondary N) is 1. The Balaban J connectivity index is 2.22. The summed E-state index contributed by atoms with van der Waals surface area (Å²) in [5, 5.41) is 0. The van der Waals surface area contributed by atoms with Crippen molar-refractivity contribution >= 4 is 15.8 Å². The van der Waals surface area contributed by atoms with Gasteiger partial charge in [0.25, 0.3) is 0 Å². The number of aromatic nitrogens is 1. The lowest BCUT2D eigenvalue weighted by Crippen LogP contribution is -2.38. The van der Waals surface area contributed by atoms with Crippen molar-refractivity contribution in [3.8, 4) is 0 Å². The summed E-state index contributed by atoms with van der Waals surface area (Å²) in [6.45, 7) is 7.09. The molecule has 0 aromatic carbocycles. The number of sulfonamides is 1. The van der Waals surface area contributed by atoms with E-state index in [1.54, 1.807) is 6.07 Å². The van der Waals surface area contributed by atoms with Crippen LogP contribution in [0.5, 0.6) is 0 Å². The van der Waals surface area contributed by atoms with Gasteiger partial charge < -0.3 is 5.43 Å². The van der Waals surface area contributed by atoms with Gasteiger partial charge in [-0.1, -0.05) is 13.8 Å². The number of hydrazine groups is 1. The van der Waals surface area contributed by atoms with E-state index in [1.165, 1.54) is 16.6 Å². The fourth-order valence-corrected chi connectivity index (χ4v) is 4.41. The molecule has 0 radical (unpaired) electrons. The Labute approximate surface area is 126 Å². The van der Waals surface area contributed by atoms with Crippen molar-refractivity contribution in [2.75, 3.05) is 31.6 Å². The van der Waals surface area contributed by atoms with Crippen LogP contribution in [-0.2, 0) is 10.0 Å². The van der Waals surface area contributed by atoms with E-state index in [2.05, 4.69) is 29.2 Å². The highest BCUT2D eigenvalue weighted by Gasteiger charge is 2.35. The van der Waals surface area contributed by atoms with Gasteiger partial charge in [-0.3, -0.25) is 4.90 Å². The lowest BCUT2D eigenvalue weighted by molar-refractivity contribution is 0.224. The van der Waals surface area contributed by atoms with E-state index in [9.17, 15) is 8.42 Å². The third-order valence-corrected chi connectivity index (χ3v) is 5.88. The fourth-order valence-electron chi connectivity index (χ4n) is 2.81. The molecule has 1 aromatic heterocycles. The molecule has 2 rings (SSSR count). The largest absolute Gasteiger partial charge is 0.307 e. The number of hydrogen-bond acceptors (Lipinski definition) is 6. The average Bonchev–Trinajstić information content (AvgIpc) is 2.99. The third kappa shape index (κ3) is 3.18. The van der Waals surface area contributed by atoms with E-state index in [0.29, 0.717) is 13.1 Å². The van der Waals surface area contributed by atoms with Crippen LogP contribution in [0.3, 0.4) is 0 Å². The van der Waals surface area contributed by atoms with Gasteiger partial charge in [-0.15, -0.1) is 0 Å². The van der Waals surface area contributed by atoms with Gasteiger partial charge in [-0.05, 0) is 31.6 Å². The third-order valence-electron chi connectivity index (χ3n) is 3.98. The molecule has 2 heterocycles. The highest BCUT2D eigenvalue weighted by molar-refractivity contribution is 7.89. The molecule has 0 saturated carbocycles. The van der Waals surface area contributed by atoms with Crippen molar-refractivity contribution < 1.29 is 8.42 Å². The summed E-state index contributed by atoms with van der Waals surface area (Å²) in [7, 11) is -3.56. The summed E-state index contributed by atoms with van der Waals surface area (Å²) >= 11 is 0. The molecule has 1 aromatic rings. The van der Waals surface area contributed by atoms with E-state index < -0.39 is 10.0 Å². The first kappa shape index (κ1) is 16.2. The summed E-state index contributed by atoms with van der Waals surface area (Å²) in [5.41, 5.74) is 2.35. The Morgan fingerprint density at radius 1 is 1.48 bits per heavy atom. The first-order valence-electron chi connectivity index (χ1n) is 7.20. The molecule has 0 spiro atoms. The number of pyridine rings is 1. The lowest BCUT2D eigenvalue weighted by atomic mass is 10.2. The van der Waals surface area contributed by atoms with E-state index in [1.807, 2.05) is 0 Å². The first-order valence-corrected chi connectivity index (χ1v) is 8.64. The molecule has 1 aliphatic rings. The van der Waals surface area contributed by atoms with Crippen LogP contribution in [0.1, 0.15) is 20.3 Å². The summed E-state index contributed by atoms with van der Waals surface area (Å²) in [6, 6.07) is 3.41. The molecular weight excluding hydrogens is 290 g/mol. The van der Waals surface area contributed by atoms with Crippen molar-refractivity contribution in [2.24, 2.45) is 5.84 Å². The normalized spacial score (nSPS) is 20.1. The zero-order valence-corrected chi connectivity index (χ0v) is 13.3. The Kier molecular flexibility index (Phi) is 5.15. The van der Waals surface area contributed by atoms with Gasteiger partial charge >= 0.3 is 0 Å². The quantitative estimate of drug-likeness (QED) is 0.586. The molecule has 0 amide bonds. The molecule has 3 N–H and O–H groups in total. The number of nitrogen functional groups attached to an aromatic ring is 1. The van der Waals surface area contributed by atoms with Gasteiger partial charge in [0.2, 0.25) is 10.0 Å². The zero-order chi connectivity index (χ0) is 15.5. The molecule has 1 unspecified atom stereocenters. The van der Waals surface area contributed by atoms with Crippen molar-refractivity contribution in [3.05, 3.63) is 18.3 Å². The smallest absolute Gasteiger partial charge is 0.246 e. The fraction of sp³-hybridized carbons (Fsp3) is 0.615. The number of likely N-dealkylation sites (N-methyl/N-ethyl adjacent to an activating group) is 1. The minimum atomic E-state index is -3.56. The molecule has 1 aliphatic heterocycles. The summed E-state index contributed by atoms with van der Waals surface area (Å²) in [5.74, 6) is 5.54. The second kappa shape index (κ2) is 6.69. The molecule has 1 atom stereocenters. The van der Waals surface area contributed by atoms with Gasteiger partial charge in [0, 0.05) is 25.3 Å². The highest BCUT2D eigenvalue weighted by atomic mass is 32.2. The standard InChI is InChI=1S/C13H23N5O2S/c1-3-17(4-2)11-7-9-18(10-11)21(19,20)12-6-5-8-15-13(12)16-14/h5-6,8,11H,3-4,7,9-10,14H2,1-2H3,(H,15,16). The number of rotatable bonds is 6. The van der Waals surface area contributed by atoms with Gasteiger partial charge in [-0.2, -0.15) is 4.31 Å². The van der Waals surface area contributed by atoms with Gasteiger partial charge in [0.1, 0.15) is 4.90 Å². The average molecular weight is 313 g/mol. The topological polar surface area (TPSA) is 91.6 Å². The van der Waals surface area contributed by atoms with Crippen LogP contribution in [-0.4, -0.2) is 54.8 Å². The SMILES string of the molecule is CCN(CC)C1CCN(S(=O)(=O)c2cccnc2NN)C1. The van der Waals surface area contributed by atoms with Crippen LogP contribution in [0, 0.1) is 0 Å². The number of nitrogens with zero attached hydrogens (tertiary/aromatic N) is 3. The van der Waals surface area contributed by atoms with Gasteiger partial charge in [0.05, 0.1) is 0 Å². The number of nitrogens with two attached hydrogens (primary N) is 1. The van der Waals surface area contributed by atoms with Crippen LogP contribution in [0.2, 0.25) is 0 Å². The van der Waals surface area contributed by atoms with E-state index in [-0.39, 0.29) is 16.8 Å². The van der Waals surface area contributed by atoms with Crippen LogP contribution >= 0.6 is 0 Å². The van der Waals surface area contributed by atoms with Gasteiger partial charge in [-0.25, -0.2) is 19.2 Å². The van der Waals surface area contributed by atoms with Crippen molar-refractivity contribution in [2.45, 2.75) is 31.2 Å². The zero-order valence-electron chi connectivity index (χ0n) is 12.5. The minimum Gasteiger partial charge on any atom is -0.307 e. The van der Waals surface area contributed by atoms with E-state index >= 15 is 0 Å². The van der Waals surface area contributed by atoms with Crippen molar-refractivity contribution in [3.63, 3.8) is 0 Å². The minimum absolute atomic E-state index is 0.132. The van der Waals surface area contributed by atoms with Crippen molar-refractivity contribution in [1.82, 2.24) is 14.2 Å². The maximum absolute atomic E-state index is 12.7. The lowest BCUT2D eigenvalue weighted by Gasteiger charge is -2.26. The number of hydrogen-bond donors (Lipinski definition) is 2. The molecule has 0 bridgehead atoms. The second-order valence-electron chi connectivity index (χ2n) is 5.02. The first-order chi connectivity index (χ1) is 10.0. The van der Waals surface area contributed by atoms with Crippen LogP contribution in [0.4, 0.5) is 5.82 Å². The highest BCUT2D eigenvalue weighted by Crippen LogP contribution is 2.26. The predicted octanol–water partition coefficient (Wildman–Crippen LogP) is 0.472. The Morgan fingerprint density at radius 3 is 2.81 bits per heavy atom. The summed E-state index contributed by atoms with van der Waals surface area (Å²) in [6.07, 6.45) is 2.36. The second-order valence-corrected chi connectivity index (χ2v) is 6.93. The van der Waals surface area contributed by atoms with Crippen LogP contribution in [0.25, 0.3) is 0 Å². The maximum atomic E-state index is 12.7. The Hall–Kier alpha value is -1.22. The molecule has 0 aliphatic carbocycles. The molecule has 21 heavy (non-hydrogen) atoms. The Bertz CT molecular complexity index is 574. The molecule has 8 heteroatoms. The monoisotopic (exact) mass is 313 g/mol. The summed E-state index contributed by atoms with van der Waals surface area (Å²) in [4.78, 5) is 6.39. The van der Waals surface area contributed by atoms with Gasteiger partial charge in [0.15, 0.2) is 5.82 Å². The maximum Gasteiger partial charge on any atom is 0.246 e. The van der Waals surface area contributed by atoms with Crippen LogP contribution in [0.15, 0.2) is 23.2 Å². The molecule has 7 nitrogen and oxygen atoms in total. The Morgan fingerprint density at radius 2 is 2.19 bits per heavy atom.